The maximum absolute atomic E-state index is 10.00. The number of rotatable bonds is 2. The van der Waals surface area contributed by atoms with Crippen molar-refractivity contribution in [3.8, 4) is 0 Å². The first-order chi connectivity index (χ1) is 7.21. The highest BCUT2D eigenvalue weighted by atomic mass is 16.5. The molecule has 0 heterocycles. The smallest absolute Gasteiger partial charge is 0.217 e. The molecular weight excluding hydrogens is 188 g/mol. The van der Waals surface area contributed by atoms with Gasteiger partial charge in [0.05, 0.1) is 0 Å². The second-order valence-electron chi connectivity index (χ2n) is 3.33. The molecule has 0 saturated heterocycles. The zero-order valence-electron chi connectivity index (χ0n) is 8.09. The van der Waals surface area contributed by atoms with Crippen LogP contribution in [0, 0.1) is 6.07 Å². The highest BCUT2D eigenvalue weighted by molar-refractivity contribution is 5.32. The third kappa shape index (κ3) is 1.91. The van der Waals surface area contributed by atoms with E-state index in [9.17, 15) is 10.2 Å². The van der Waals surface area contributed by atoms with E-state index >= 15 is 0 Å². The first kappa shape index (κ1) is 9.90. The van der Waals surface area contributed by atoms with Crippen molar-refractivity contribution >= 4 is 0 Å². The molecule has 0 spiro atoms. The van der Waals surface area contributed by atoms with E-state index in [1.807, 2.05) is 6.07 Å². The summed E-state index contributed by atoms with van der Waals surface area (Å²) in [6.07, 6.45) is 0. The Hall–Kier alpha value is -1.64. The fraction of sp³-hybridized carbons (Fsp3) is 0.0769. The van der Waals surface area contributed by atoms with Crippen molar-refractivity contribution in [3.63, 3.8) is 0 Å². The Balaban J connectivity index is 2.44. The Morgan fingerprint density at radius 3 is 1.93 bits per heavy atom. The van der Waals surface area contributed by atoms with Gasteiger partial charge >= 0.3 is 0 Å². The van der Waals surface area contributed by atoms with Crippen LogP contribution < -0.4 is 0 Å². The summed E-state index contributed by atoms with van der Waals surface area (Å²) in [4.78, 5) is 0. The van der Waals surface area contributed by atoms with Crippen molar-refractivity contribution in [2.75, 3.05) is 0 Å². The van der Waals surface area contributed by atoms with E-state index in [1.165, 1.54) is 0 Å². The van der Waals surface area contributed by atoms with Gasteiger partial charge in [0.1, 0.15) is 0 Å². The molecule has 0 saturated carbocycles. The minimum Gasteiger partial charge on any atom is -0.358 e. The molecule has 15 heavy (non-hydrogen) atoms. The van der Waals surface area contributed by atoms with Crippen molar-refractivity contribution in [1.82, 2.24) is 0 Å². The molecule has 75 valence electrons. The van der Waals surface area contributed by atoms with Crippen LogP contribution in [0.15, 0.2) is 54.6 Å². The first-order valence-corrected chi connectivity index (χ1v) is 4.68. The molecule has 0 atom stereocenters. The van der Waals surface area contributed by atoms with Gasteiger partial charge in [-0.2, -0.15) is 0 Å². The normalized spacial score (nSPS) is 11.3. The molecule has 0 aliphatic rings. The maximum Gasteiger partial charge on any atom is 0.217 e. The monoisotopic (exact) mass is 199 g/mol. The summed E-state index contributed by atoms with van der Waals surface area (Å²) in [5.41, 5.74) is 0.892. The lowest BCUT2D eigenvalue weighted by Gasteiger charge is -2.22. The van der Waals surface area contributed by atoms with Crippen molar-refractivity contribution in [2.45, 2.75) is 5.79 Å². The quantitative estimate of drug-likeness (QED) is 0.722. The summed E-state index contributed by atoms with van der Waals surface area (Å²) in [7, 11) is 0. The van der Waals surface area contributed by atoms with Gasteiger partial charge in [0.25, 0.3) is 0 Å². The Labute approximate surface area is 88.4 Å². The van der Waals surface area contributed by atoms with E-state index in [2.05, 4.69) is 6.07 Å². The molecule has 2 aromatic rings. The molecule has 0 unspecified atom stereocenters. The van der Waals surface area contributed by atoms with Crippen LogP contribution in [-0.2, 0) is 5.79 Å². The number of benzene rings is 2. The van der Waals surface area contributed by atoms with Crippen LogP contribution in [0.4, 0.5) is 0 Å². The SMILES string of the molecule is OC(O)(c1cc[c]cc1)c1ccccc1. The largest absolute Gasteiger partial charge is 0.358 e. The standard InChI is InChI=1S/C13H11O2/c14-13(15,11-7-3-1-4-8-11)12-9-5-2-6-10-12/h1,3-10,14-15H. The predicted octanol–water partition coefficient (Wildman–Crippen LogP) is 1.67. The van der Waals surface area contributed by atoms with Gasteiger partial charge in [0.2, 0.25) is 5.79 Å². The van der Waals surface area contributed by atoms with Gasteiger partial charge in [-0.15, -0.1) is 0 Å². The Kier molecular flexibility index (Phi) is 2.54. The molecule has 2 N–H and O–H groups in total. The summed E-state index contributed by atoms with van der Waals surface area (Å²) in [6.45, 7) is 0. The van der Waals surface area contributed by atoms with Crippen molar-refractivity contribution in [3.05, 3.63) is 71.8 Å². The number of aliphatic hydroxyl groups is 2. The molecule has 2 nitrogen and oxygen atoms in total. The third-order valence-corrected chi connectivity index (χ3v) is 2.30. The van der Waals surface area contributed by atoms with E-state index in [0.29, 0.717) is 11.1 Å². The average molecular weight is 199 g/mol. The highest BCUT2D eigenvalue weighted by Crippen LogP contribution is 2.25. The average Bonchev–Trinajstić information content (AvgIpc) is 2.31. The fourth-order valence-corrected chi connectivity index (χ4v) is 1.46. The lowest BCUT2D eigenvalue weighted by Crippen LogP contribution is -2.26. The second-order valence-corrected chi connectivity index (χ2v) is 3.33. The van der Waals surface area contributed by atoms with Crippen LogP contribution in [0.3, 0.4) is 0 Å². The summed E-state index contributed by atoms with van der Waals surface area (Å²) >= 11 is 0. The van der Waals surface area contributed by atoms with E-state index < -0.39 is 5.79 Å². The van der Waals surface area contributed by atoms with E-state index in [-0.39, 0.29) is 0 Å². The zero-order chi connectivity index (χ0) is 10.7. The van der Waals surface area contributed by atoms with Gasteiger partial charge in [-0.25, -0.2) is 0 Å². The Bertz CT molecular complexity index is 379. The maximum atomic E-state index is 10.00. The zero-order valence-corrected chi connectivity index (χ0v) is 8.09. The summed E-state index contributed by atoms with van der Waals surface area (Å²) in [6, 6.07) is 18.1. The van der Waals surface area contributed by atoms with Crippen LogP contribution in [-0.4, -0.2) is 10.2 Å². The van der Waals surface area contributed by atoms with E-state index in [4.69, 9.17) is 0 Å². The molecule has 0 aliphatic carbocycles. The predicted molar refractivity (Wildman–Crippen MR) is 56.9 cm³/mol. The first-order valence-electron chi connectivity index (χ1n) is 4.68. The molecule has 0 aromatic heterocycles. The molecule has 0 aliphatic heterocycles. The van der Waals surface area contributed by atoms with Crippen LogP contribution in [0.1, 0.15) is 11.1 Å². The molecule has 0 amide bonds. The molecule has 1 radical (unpaired) electrons. The van der Waals surface area contributed by atoms with Crippen LogP contribution >= 0.6 is 0 Å². The van der Waals surface area contributed by atoms with Gasteiger partial charge in [0, 0.05) is 11.1 Å². The molecule has 0 bridgehead atoms. The topological polar surface area (TPSA) is 40.5 Å². The van der Waals surface area contributed by atoms with Crippen LogP contribution in [0.5, 0.6) is 0 Å². The third-order valence-electron chi connectivity index (χ3n) is 2.30. The molecule has 0 fully saturated rings. The van der Waals surface area contributed by atoms with E-state index in [0.717, 1.165) is 0 Å². The lowest BCUT2D eigenvalue weighted by molar-refractivity contribution is -0.132. The summed E-state index contributed by atoms with van der Waals surface area (Å²) in [5, 5.41) is 20.0. The fourth-order valence-electron chi connectivity index (χ4n) is 1.46. The second kappa shape index (κ2) is 3.85. The van der Waals surface area contributed by atoms with Gasteiger partial charge in [-0.1, -0.05) is 54.6 Å². The number of hydrogen-bond acceptors (Lipinski definition) is 2. The van der Waals surface area contributed by atoms with Gasteiger partial charge < -0.3 is 10.2 Å². The molecule has 2 heteroatoms. The van der Waals surface area contributed by atoms with Crippen LogP contribution in [0.2, 0.25) is 0 Å². The van der Waals surface area contributed by atoms with Gasteiger partial charge in [0.15, 0.2) is 0 Å². The Morgan fingerprint density at radius 1 is 0.800 bits per heavy atom. The van der Waals surface area contributed by atoms with E-state index in [1.54, 1.807) is 48.5 Å². The van der Waals surface area contributed by atoms with Crippen molar-refractivity contribution in [2.24, 2.45) is 0 Å². The minimum atomic E-state index is -1.93. The number of hydrogen-bond donors (Lipinski definition) is 2. The minimum absolute atomic E-state index is 0.437. The molecule has 2 aromatic carbocycles. The summed E-state index contributed by atoms with van der Waals surface area (Å²) < 4.78 is 0. The molecule has 2 rings (SSSR count). The summed E-state index contributed by atoms with van der Waals surface area (Å²) in [5.74, 6) is -1.93. The van der Waals surface area contributed by atoms with Gasteiger partial charge in [-0.3, -0.25) is 0 Å². The molecular formula is C13H11O2. The lowest BCUT2D eigenvalue weighted by atomic mass is 9.98. The van der Waals surface area contributed by atoms with Gasteiger partial charge in [-0.05, 0) is 6.07 Å². The van der Waals surface area contributed by atoms with Crippen molar-refractivity contribution < 1.29 is 10.2 Å². The van der Waals surface area contributed by atoms with Crippen LogP contribution in [0.25, 0.3) is 0 Å². The highest BCUT2D eigenvalue weighted by Gasteiger charge is 2.27. The van der Waals surface area contributed by atoms with Crippen molar-refractivity contribution in [1.29, 1.82) is 0 Å². The Morgan fingerprint density at radius 2 is 1.33 bits per heavy atom.